The molecule has 2 aromatic carbocycles. The second-order valence-electron chi connectivity index (χ2n) is 7.63. The van der Waals surface area contributed by atoms with Gasteiger partial charge in [-0.3, -0.25) is 9.59 Å². The van der Waals surface area contributed by atoms with Gasteiger partial charge in [0.1, 0.15) is 5.69 Å². The van der Waals surface area contributed by atoms with Crippen LogP contribution in [-0.2, 0) is 20.5 Å². The number of fused-ring (bicyclic) bond motifs is 3. The van der Waals surface area contributed by atoms with E-state index in [0.717, 1.165) is 29.3 Å². The third-order valence-electron chi connectivity index (χ3n) is 5.61. The molecule has 0 spiro atoms. The van der Waals surface area contributed by atoms with Crippen LogP contribution in [0.15, 0.2) is 65.5 Å². The van der Waals surface area contributed by atoms with Gasteiger partial charge in [-0.2, -0.15) is 0 Å². The predicted octanol–water partition coefficient (Wildman–Crippen LogP) is 3.78. The molecule has 5 nitrogen and oxygen atoms in total. The summed E-state index contributed by atoms with van der Waals surface area (Å²) in [4.78, 5) is 25.8. The van der Waals surface area contributed by atoms with Crippen LogP contribution in [0.1, 0.15) is 29.4 Å². The molecular weight excluding hydrogens is 362 g/mol. The number of carbonyl (C=O) groups is 1. The van der Waals surface area contributed by atoms with E-state index in [2.05, 4.69) is 17.4 Å². The van der Waals surface area contributed by atoms with Gasteiger partial charge < -0.3 is 14.5 Å². The molecule has 0 radical (unpaired) electrons. The average molecular weight is 387 g/mol. The molecular formula is C24H25N3O2. The lowest BCUT2D eigenvalue weighted by atomic mass is 10.1. The minimum Gasteiger partial charge on any atom is -0.348 e. The molecule has 0 saturated carbocycles. The van der Waals surface area contributed by atoms with Crippen LogP contribution in [0.25, 0.3) is 21.8 Å². The number of aryl methyl sites for hydroxylation is 3. The van der Waals surface area contributed by atoms with Crippen LogP contribution in [0.5, 0.6) is 0 Å². The number of amides is 1. The Kier molecular flexibility index (Phi) is 4.97. The summed E-state index contributed by atoms with van der Waals surface area (Å²) < 4.78 is 3.47. The zero-order valence-electron chi connectivity index (χ0n) is 17.0. The van der Waals surface area contributed by atoms with Crippen molar-refractivity contribution in [2.24, 2.45) is 14.1 Å². The van der Waals surface area contributed by atoms with E-state index in [0.29, 0.717) is 11.1 Å². The molecule has 4 aromatic rings. The van der Waals surface area contributed by atoms with Crippen LogP contribution in [0.4, 0.5) is 0 Å². The number of rotatable bonds is 5. The second kappa shape index (κ2) is 7.59. The molecule has 29 heavy (non-hydrogen) atoms. The van der Waals surface area contributed by atoms with E-state index in [4.69, 9.17) is 0 Å². The van der Waals surface area contributed by atoms with Crippen molar-refractivity contribution < 1.29 is 4.79 Å². The first-order chi connectivity index (χ1) is 14.0. The summed E-state index contributed by atoms with van der Waals surface area (Å²) in [6, 6.07) is 19.8. The smallest absolute Gasteiger partial charge is 0.268 e. The first-order valence-electron chi connectivity index (χ1n) is 9.89. The second-order valence-corrected chi connectivity index (χ2v) is 7.63. The Balaban J connectivity index is 1.63. The molecule has 0 bridgehead atoms. The van der Waals surface area contributed by atoms with Crippen LogP contribution in [0.2, 0.25) is 0 Å². The Bertz CT molecular complexity index is 1250. The molecule has 1 amide bonds. The van der Waals surface area contributed by atoms with E-state index >= 15 is 0 Å². The highest BCUT2D eigenvalue weighted by Gasteiger charge is 2.19. The van der Waals surface area contributed by atoms with Gasteiger partial charge in [0.15, 0.2) is 0 Å². The van der Waals surface area contributed by atoms with Gasteiger partial charge in [0.25, 0.3) is 11.5 Å². The summed E-state index contributed by atoms with van der Waals surface area (Å²) in [6.07, 6.45) is 1.76. The highest BCUT2D eigenvalue weighted by molar-refractivity contribution is 6.08. The van der Waals surface area contributed by atoms with Crippen molar-refractivity contribution in [2.45, 2.75) is 25.8 Å². The highest BCUT2D eigenvalue weighted by atomic mass is 16.2. The molecule has 148 valence electrons. The molecule has 5 heteroatoms. The Morgan fingerprint density at radius 3 is 2.41 bits per heavy atom. The fourth-order valence-electron chi connectivity index (χ4n) is 3.96. The van der Waals surface area contributed by atoms with Crippen molar-refractivity contribution >= 4 is 27.7 Å². The Hall–Kier alpha value is -3.34. The fraction of sp³-hybridized carbons (Fsp3) is 0.250. The molecule has 2 aromatic heterocycles. The first-order valence-corrected chi connectivity index (χ1v) is 9.89. The van der Waals surface area contributed by atoms with Gasteiger partial charge in [0.05, 0.1) is 16.4 Å². The molecule has 0 unspecified atom stereocenters. The summed E-state index contributed by atoms with van der Waals surface area (Å²) in [5.41, 5.74) is 3.32. The van der Waals surface area contributed by atoms with E-state index in [1.54, 1.807) is 17.7 Å². The van der Waals surface area contributed by atoms with Crippen LogP contribution in [0.3, 0.4) is 0 Å². The van der Waals surface area contributed by atoms with Crippen molar-refractivity contribution in [2.75, 3.05) is 0 Å². The molecule has 0 aliphatic heterocycles. The molecule has 0 saturated heterocycles. The topological polar surface area (TPSA) is 56.0 Å². The van der Waals surface area contributed by atoms with Gasteiger partial charge >= 0.3 is 0 Å². The number of hydrogen-bond acceptors (Lipinski definition) is 2. The van der Waals surface area contributed by atoms with E-state index < -0.39 is 0 Å². The molecule has 0 aliphatic rings. The van der Waals surface area contributed by atoms with Gasteiger partial charge in [0, 0.05) is 25.5 Å². The van der Waals surface area contributed by atoms with Gasteiger partial charge in [-0.05, 0) is 37.5 Å². The van der Waals surface area contributed by atoms with Crippen molar-refractivity contribution in [3.05, 3.63) is 82.3 Å². The van der Waals surface area contributed by atoms with Crippen LogP contribution in [-0.4, -0.2) is 21.1 Å². The third-order valence-corrected chi connectivity index (χ3v) is 5.61. The predicted molar refractivity (Wildman–Crippen MR) is 117 cm³/mol. The summed E-state index contributed by atoms with van der Waals surface area (Å²) in [7, 11) is 3.61. The van der Waals surface area contributed by atoms with Crippen molar-refractivity contribution in [1.82, 2.24) is 14.5 Å². The largest absolute Gasteiger partial charge is 0.348 e. The minimum absolute atomic E-state index is 0.0281. The van der Waals surface area contributed by atoms with Crippen LogP contribution < -0.4 is 10.9 Å². The molecule has 1 N–H and O–H groups in total. The summed E-state index contributed by atoms with van der Waals surface area (Å²) in [5.74, 6) is -0.157. The lowest BCUT2D eigenvalue weighted by Gasteiger charge is -2.14. The molecule has 0 fully saturated rings. The summed E-state index contributed by atoms with van der Waals surface area (Å²) >= 11 is 0. The van der Waals surface area contributed by atoms with Gasteiger partial charge in [-0.1, -0.05) is 48.5 Å². The highest BCUT2D eigenvalue weighted by Crippen LogP contribution is 2.25. The standard InChI is InChI=1S/C24H25N3O2/c1-16(13-14-17-9-5-4-6-10-17)25-23(28)21-15-19-22(26(21)2)18-11-7-8-12-20(18)27(3)24(19)29/h4-12,15-16H,13-14H2,1-3H3,(H,25,28)/t16-/m0/s1. The number of hydrogen-bond donors (Lipinski definition) is 1. The minimum atomic E-state index is -0.157. The number of aromatic nitrogens is 2. The van der Waals surface area contributed by atoms with Crippen molar-refractivity contribution in [1.29, 1.82) is 0 Å². The maximum atomic E-state index is 12.9. The van der Waals surface area contributed by atoms with E-state index in [9.17, 15) is 9.59 Å². The maximum Gasteiger partial charge on any atom is 0.268 e. The van der Waals surface area contributed by atoms with Gasteiger partial charge in [-0.15, -0.1) is 0 Å². The number of benzene rings is 2. The molecule has 4 rings (SSSR count). The van der Waals surface area contributed by atoms with Gasteiger partial charge in [-0.25, -0.2) is 0 Å². The quantitative estimate of drug-likeness (QED) is 0.567. The number of pyridine rings is 1. The zero-order chi connectivity index (χ0) is 20.5. The maximum absolute atomic E-state index is 12.9. The van der Waals surface area contributed by atoms with Crippen molar-refractivity contribution in [3.63, 3.8) is 0 Å². The molecule has 1 atom stereocenters. The van der Waals surface area contributed by atoms with Crippen LogP contribution in [0, 0.1) is 0 Å². The Morgan fingerprint density at radius 1 is 0.966 bits per heavy atom. The van der Waals surface area contributed by atoms with Crippen LogP contribution >= 0.6 is 0 Å². The number of carbonyl (C=O) groups excluding carboxylic acids is 1. The number of para-hydroxylation sites is 1. The van der Waals surface area contributed by atoms with E-state index in [1.165, 1.54) is 5.56 Å². The average Bonchev–Trinajstić information content (AvgIpc) is 3.09. The normalized spacial score (nSPS) is 12.4. The fourth-order valence-corrected chi connectivity index (χ4v) is 3.96. The summed E-state index contributed by atoms with van der Waals surface area (Å²) in [5, 5.41) is 4.61. The van der Waals surface area contributed by atoms with E-state index in [1.807, 2.05) is 61.0 Å². The van der Waals surface area contributed by atoms with Gasteiger partial charge in [0.2, 0.25) is 0 Å². The first kappa shape index (κ1) is 19.0. The SMILES string of the molecule is C[C@@H](CCc1ccccc1)NC(=O)c1cc2c(=O)n(C)c3ccccc3c2n1C. The number of nitrogens with zero attached hydrogens (tertiary/aromatic N) is 2. The van der Waals surface area contributed by atoms with Crippen molar-refractivity contribution in [3.8, 4) is 0 Å². The molecule has 0 aliphatic carbocycles. The molecule has 2 heterocycles. The Labute approximate surface area is 169 Å². The lowest BCUT2D eigenvalue weighted by molar-refractivity contribution is 0.0930. The Morgan fingerprint density at radius 2 is 1.66 bits per heavy atom. The summed E-state index contributed by atoms with van der Waals surface area (Å²) in [6.45, 7) is 2.01. The lowest BCUT2D eigenvalue weighted by Crippen LogP contribution is -2.34. The zero-order valence-corrected chi connectivity index (χ0v) is 17.0. The van der Waals surface area contributed by atoms with E-state index in [-0.39, 0.29) is 17.5 Å². The number of nitrogens with one attached hydrogen (secondary N) is 1. The monoisotopic (exact) mass is 387 g/mol. The third kappa shape index (κ3) is 3.44.